The molecule has 1 aliphatic carbocycles. The standard InChI is InChI=1S/C19H27N3O2/c1-13-4-5-15(10-14(13)2)16-11-17(16)19(24)22-7-3-6-21(8-9-22)12-18(20)23/h4-5,10,16-17H,3,6-9,11-12H2,1-2H3,(H2,20,23)/t16-,17+/m1/s1. The lowest BCUT2D eigenvalue weighted by atomic mass is 10.0. The summed E-state index contributed by atoms with van der Waals surface area (Å²) in [7, 11) is 0. The predicted octanol–water partition coefficient (Wildman–Crippen LogP) is 1.43. The maximum atomic E-state index is 12.8. The van der Waals surface area contributed by atoms with Crippen LogP contribution in [0.25, 0.3) is 0 Å². The van der Waals surface area contributed by atoms with Gasteiger partial charge in [-0.15, -0.1) is 0 Å². The molecule has 0 radical (unpaired) electrons. The molecule has 3 rings (SSSR count). The summed E-state index contributed by atoms with van der Waals surface area (Å²) in [5.74, 6) is 0.488. The number of aryl methyl sites for hydroxylation is 2. The van der Waals surface area contributed by atoms with Gasteiger partial charge >= 0.3 is 0 Å². The minimum Gasteiger partial charge on any atom is -0.369 e. The van der Waals surface area contributed by atoms with Crippen molar-refractivity contribution in [3.63, 3.8) is 0 Å². The van der Waals surface area contributed by atoms with Crippen LogP contribution in [0.5, 0.6) is 0 Å². The van der Waals surface area contributed by atoms with Crippen LogP contribution in [-0.4, -0.2) is 54.3 Å². The van der Waals surface area contributed by atoms with E-state index in [1.165, 1.54) is 16.7 Å². The summed E-state index contributed by atoms with van der Waals surface area (Å²) in [6.45, 7) is 7.57. The minimum absolute atomic E-state index is 0.134. The Morgan fingerprint density at radius 1 is 1.12 bits per heavy atom. The van der Waals surface area contributed by atoms with Crippen LogP contribution < -0.4 is 5.73 Å². The van der Waals surface area contributed by atoms with Crippen molar-refractivity contribution in [3.8, 4) is 0 Å². The third-order valence-corrected chi connectivity index (χ3v) is 5.35. The van der Waals surface area contributed by atoms with Crippen molar-refractivity contribution < 1.29 is 9.59 Å². The molecule has 1 aliphatic heterocycles. The zero-order valence-corrected chi connectivity index (χ0v) is 14.6. The zero-order chi connectivity index (χ0) is 17.3. The number of primary amides is 1. The Hall–Kier alpha value is -1.88. The van der Waals surface area contributed by atoms with Gasteiger partial charge in [0.15, 0.2) is 0 Å². The molecule has 0 unspecified atom stereocenters. The van der Waals surface area contributed by atoms with Crippen LogP contribution in [0.1, 0.15) is 35.4 Å². The zero-order valence-electron chi connectivity index (χ0n) is 14.6. The van der Waals surface area contributed by atoms with E-state index in [4.69, 9.17) is 5.73 Å². The highest BCUT2D eigenvalue weighted by molar-refractivity contribution is 5.83. The number of amides is 2. The number of carbonyl (C=O) groups is 2. The Kier molecular flexibility index (Phi) is 4.90. The number of hydrogen-bond acceptors (Lipinski definition) is 3. The lowest BCUT2D eigenvalue weighted by Crippen LogP contribution is -2.38. The van der Waals surface area contributed by atoms with Gasteiger partial charge in [0.2, 0.25) is 11.8 Å². The second-order valence-corrected chi connectivity index (χ2v) is 7.21. The van der Waals surface area contributed by atoms with Crippen molar-refractivity contribution in [1.82, 2.24) is 9.80 Å². The molecule has 1 aromatic rings. The van der Waals surface area contributed by atoms with Gasteiger partial charge in [0.1, 0.15) is 0 Å². The van der Waals surface area contributed by atoms with Crippen LogP contribution in [0.4, 0.5) is 0 Å². The topological polar surface area (TPSA) is 66.6 Å². The molecule has 1 heterocycles. The molecule has 5 heteroatoms. The number of nitrogens with zero attached hydrogens (tertiary/aromatic N) is 2. The molecule has 24 heavy (non-hydrogen) atoms. The van der Waals surface area contributed by atoms with Crippen molar-refractivity contribution in [1.29, 1.82) is 0 Å². The molecule has 2 fully saturated rings. The van der Waals surface area contributed by atoms with Gasteiger partial charge in [-0.05, 0) is 49.3 Å². The molecular weight excluding hydrogens is 302 g/mol. The molecule has 130 valence electrons. The molecule has 0 aromatic heterocycles. The van der Waals surface area contributed by atoms with E-state index in [2.05, 4.69) is 32.0 Å². The monoisotopic (exact) mass is 329 g/mol. The maximum absolute atomic E-state index is 12.8. The molecule has 1 saturated carbocycles. The molecular formula is C19H27N3O2. The van der Waals surface area contributed by atoms with Gasteiger partial charge in [0, 0.05) is 32.1 Å². The van der Waals surface area contributed by atoms with Gasteiger partial charge in [-0.3, -0.25) is 14.5 Å². The predicted molar refractivity (Wildman–Crippen MR) is 93.6 cm³/mol. The maximum Gasteiger partial charge on any atom is 0.231 e. The summed E-state index contributed by atoms with van der Waals surface area (Å²) >= 11 is 0. The molecule has 2 aliphatic rings. The van der Waals surface area contributed by atoms with Gasteiger partial charge in [-0.2, -0.15) is 0 Å². The Bertz CT molecular complexity index is 643. The third kappa shape index (κ3) is 3.78. The molecule has 0 spiro atoms. The SMILES string of the molecule is Cc1ccc([C@H]2C[C@@H]2C(=O)N2CCCN(CC(N)=O)CC2)cc1C. The van der Waals surface area contributed by atoms with Gasteiger partial charge in [0.25, 0.3) is 0 Å². The van der Waals surface area contributed by atoms with Crippen LogP contribution in [0, 0.1) is 19.8 Å². The van der Waals surface area contributed by atoms with Crippen molar-refractivity contribution in [2.75, 3.05) is 32.7 Å². The smallest absolute Gasteiger partial charge is 0.231 e. The first-order valence-corrected chi connectivity index (χ1v) is 8.82. The first kappa shape index (κ1) is 17.0. The van der Waals surface area contributed by atoms with E-state index >= 15 is 0 Å². The highest BCUT2D eigenvalue weighted by Gasteiger charge is 2.45. The summed E-state index contributed by atoms with van der Waals surface area (Å²) in [6, 6.07) is 6.54. The highest BCUT2D eigenvalue weighted by atomic mass is 16.2. The van der Waals surface area contributed by atoms with E-state index < -0.39 is 0 Å². The van der Waals surface area contributed by atoms with Crippen molar-refractivity contribution >= 4 is 11.8 Å². The first-order valence-electron chi connectivity index (χ1n) is 8.82. The molecule has 1 saturated heterocycles. The highest BCUT2D eigenvalue weighted by Crippen LogP contribution is 2.48. The van der Waals surface area contributed by atoms with E-state index in [0.717, 1.165) is 32.5 Å². The van der Waals surface area contributed by atoms with Gasteiger partial charge in [0.05, 0.1) is 6.54 Å². The van der Waals surface area contributed by atoms with Crippen LogP contribution in [0.15, 0.2) is 18.2 Å². The first-order chi connectivity index (χ1) is 11.5. The van der Waals surface area contributed by atoms with Gasteiger partial charge < -0.3 is 10.6 Å². The van der Waals surface area contributed by atoms with Crippen LogP contribution in [0.3, 0.4) is 0 Å². The molecule has 1 aromatic carbocycles. The van der Waals surface area contributed by atoms with E-state index in [9.17, 15) is 9.59 Å². The van der Waals surface area contributed by atoms with E-state index in [1.807, 2.05) is 9.80 Å². The van der Waals surface area contributed by atoms with Crippen LogP contribution >= 0.6 is 0 Å². The molecule has 2 atom stereocenters. The summed E-state index contributed by atoms with van der Waals surface area (Å²) in [5, 5.41) is 0. The Balaban J connectivity index is 1.57. The minimum atomic E-state index is -0.299. The Morgan fingerprint density at radius 2 is 1.92 bits per heavy atom. The number of hydrogen-bond donors (Lipinski definition) is 1. The second-order valence-electron chi connectivity index (χ2n) is 7.21. The van der Waals surface area contributed by atoms with Crippen molar-refractivity contribution in [3.05, 3.63) is 34.9 Å². The lowest BCUT2D eigenvalue weighted by molar-refractivity contribution is -0.132. The average molecular weight is 329 g/mol. The summed E-state index contributed by atoms with van der Waals surface area (Å²) < 4.78 is 0. The molecule has 5 nitrogen and oxygen atoms in total. The quantitative estimate of drug-likeness (QED) is 0.909. The van der Waals surface area contributed by atoms with E-state index in [0.29, 0.717) is 12.5 Å². The van der Waals surface area contributed by atoms with E-state index in [-0.39, 0.29) is 24.3 Å². The fourth-order valence-electron chi connectivity index (χ4n) is 3.64. The fourth-order valence-corrected chi connectivity index (χ4v) is 3.64. The Labute approximate surface area is 143 Å². The fraction of sp³-hybridized carbons (Fsp3) is 0.579. The van der Waals surface area contributed by atoms with Crippen LogP contribution in [0.2, 0.25) is 0 Å². The lowest BCUT2D eigenvalue weighted by Gasteiger charge is -2.21. The molecule has 2 N–H and O–H groups in total. The number of carbonyl (C=O) groups excluding carboxylic acids is 2. The summed E-state index contributed by atoms with van der Waals surface area (Å²) in [5.41, 5.74) is 9.15. The third-order valence-electron chi connectivity index (χ3n) is 5.35. The Morgan fingerprint density at radius 3 is 2.62 bits per heavy atom. The second kappa shape index (κ2) is 6.93. The van der Waals surface area contributed by atoms with E-state index in [1.54, 1.807) is 0 Å². The van der Waals surface area contributed by atoms with Crippen molar-refractivity contribution in [2.24, 2.45) is 11.7 Å². The molecule has 0 bridgehead atoms. The van der Waals surface area contributed by atoms with Gasteiger partial charge in [-0.25, -0.2) is 0 Å². The number of rotatable bonds is 4. The molecule has 2 amide bonds. The number of benzene rings is 1. The van der Waals surface area contributed by atoms with Crippen molar-refractivity contribution in [2.45, 2.75) is 32.6 Å². The normalized spacial score (nSPS) is 24.5. The number of nitrogens with two attached hydrogens (primary N) is 1. The largest absolute Gasteiger partial charge is 0.369 e. The average Bonchev–Trinajstić information content (AvgIpc) is 3.33. The van der Waals surface area contributed by atoms with Gasteiger partial charge in [-0.1, -0.05) is 18.2 Å². The summed E-state index contributed by atoms with van der Waals surface area (Å²) in [4.78, 5) is 27.9. The van der Waals surface area contributed by atoms with Crippen LogP contribution in [-0.2, 0) is 9.59 Å². The summed E-state index contributed by atoms with van der Waals surface area (Å²) in [6.07, 6.45) is 1.86.